The topological polar surface area (TPSA) is 88.5 Å². The largest absolute Gasteiger partial charge is 0.491 e. The van der Waals surface area contributed by atoms with E-state index in [2.05, 4.69) is 17.2 Å². The minimum absolute atomic E-state index is 0.300. The number of hydrogen-bond acceptors (Lipinski definition) is 4. The molecule has 1 amide bonds. The van der Waals surface area contributed by atoms with Crippen LogP contribution in [0.4, 0.5) is 0 Å². The van der Waals surface area contributed by atoms with Gasteiger partial charge in [0.1, 0.15) is 11.3 Å². The van der Waals surface area contributed by atoms with Crippen LogP contribution in [-0.4, -0.2) is 34.1 Å². The number of ether oxygens (including phenoxy) is 1. The van der Waals surface area contributed by atoms with Gasteiger partial charge in [-0.2, -0.15) is 0 Å². The molecule has 2 N–H and O–H groups in total. The van der Waals surface area contributed by atoms with E-state index in [0.29, 0.717) is 54.5 Å². The second-order valence-electron chi connectivity index (χ2n) is 8.27. The highest BCUT2D eigenvalue weighted by atomic mass is 35.5. The van der Waals surface area contributed by atoms with Crippen molar-refractivity contribution in [2.45, 2.75) is 57.9 Å². The summed E-state index contributed by atoms with van der Waals surface area (Å²) in [7, 11) is 0. The summed E-state index contributed by atoms with van der Waals surface area (Å²) >= 11 is 6.03. The van der Waals surface area contributed by atoms with E-state index in [0.717, 1.165) is 24.1 Å². The molecule has 166 valence electrons. The Labute approximate surface area is 188 Å². The van der Waals surface area contributed by atoms with E-state index < -0.39 is 17.4 Å². The van der Waals surface area contributed by atoms with Crippen molar-refractivity contribution in [2.24, 2.45) is 5.92 Å². The number of aromatic nitrogens is 1. The third-order valence-corrected chi connectivity index (χ3v) is 6.19. The van der Waals surface area contributed by atoms with Crippen molar-refractivity contribution in [2.75, 3.05) is 6.61 Å². The van der Waals surface area contributed by atoms with Crippen LogP contribution in [0.5, 0.6) is 5.75 Å². The molecule has 1 aromatic heterocycles. The zero-order valence-electron chi connectivity index (χ0n) is 18.0. The first kappa shape index (κ1) is 23.1. The van der Waals surface area contributed by atoms with Gasteiger partial charge >= 0.3 is 5.97 Å². The molecule has 3 rings (SSSR count). The lowest BCUT2D eigenvalue weighted by molar-refractivity contribution is -0.146. The van der Waals surface area contributed by atoms with Gasteiger partial charge in [-0.3, -0.25) is 9.78 Å². The first-order valence-electron chi connectivity index (χ1n) is 10.7. The summed E-state index contributed by atoms with van der Waals surface area (Å²) in [6.07, 6.45) is 5.22. The van der Waals surface area contributed by atoms with Gasteiger partial charge < -0.3 is 15.2 Å². The average Bonchev–Trinajstić information content (AvgIpc) is 2.75. The Hall–Kier alpha value is -2.60. The lowest BCUT2D eigenvalue weighted by Crippen LogP contribution is -2.56. The SMILES string of the molecule is CCc1ncc(C(=O)N[C@]2(C(=O)O)CC[C@H](C)CC2)cc1OCCc1cccc(Cl)c1. The maximum Gasteiger partial charge on any atom is 0.329 e. The van der Waals surface area contributed by atoms with Crippen molar-refractivity contribution in [3.63, 3.8) is 0 Å². The van der Waals surface area contributed by atoms with Crippen LogP contribution in [0.3, 0.4) is 0 Å². The molecule has 1 saturated carbocycles. The predicted molar refractivity (Wildman–Crippen MR) is 120 cm³/mol. The normalized spacial score (nSPS) is 20.8. The van der Waals surface area contributed by atoms with Gasteiger partial charge in [-0.25, -0.2) is 4.79 Å². The Morgan fingerprint density at radius 1 is 1.29 bits per heavy atom. The second-order valence-corrected chi connectivity index (χ2v) is 8.71. The molecule has 31 heavy (non-hydrogen) atoms. The molecule has 0 aliphatic heterocycles. The minimum atomic E-state index is -1.22. The summed E-state index contributed by atoms with van der Waals surface area (Å²) in [5, 5.41) is 13.2. The van der Waals surface area contributed by atoms with E-state index in [1.54, 1.807) is 6.07 Å². The Balaban J connectivity index is 1.71. The molecular formula is C24H29ClN2O4. The van der Waals surface area contributed by atoms with Crippen LogP contribution in [0.1, 0.15) is 61.1 Å². The fourth-order valence-electron chi connectivity index (χ4n) is 3.90. The summed E-state index contributed by atoms with van der Waals surface area (Å²) in [6.45, 7) is 4.49. The number of carboxylic acids is 1. The van der Waals surface area contributed by atoms with E-state index in [1.165, 1.54) is 6.20 Å². The number of pyridine rings is 1. The minimum Gasteiger partial charge on any atom is -0.491 e. The summed E-state index contributed by atoms with van der Waals surface area (Å²) < 4.78 is 5.94. The van der Waals surface area contributed by atoms with Crippen LogP contribution in [0.2, 0.25) is 5.02 Å². The zero-order valence-corrected chi connectivity index (χ0v) is 18.7. The van der Waals surface area contributed by atoms with Crippen LogP contribution >= 0.6 is 11.6 Å². The van der Waals surface area contributed by atoms with Gasteiger partial charge in [0.05, 0.1) is 17.9 Å². The number of nitrogens with zero attached hydrogens (tertiary/aromatic N) is 1. The molecule has 0 radical (unpaired) electrons. The highest BCUT2D eigenvalue weighted by Crippen LogP contribution is 2.32. The maximum atomic E-state index is 12.9. The second kappa shape index (κ2) is 10.1. The van der Waals surface area contributed by atoms with Crippen LogP contribution in [0, 0.1) is 5.92 Å². The molecule has 1 aliphatic carbocycles. The number of amides is 1. The summed E-state index contributed by atoms with van der Waals surface area (Å²) in [6, 6.07) is 9.24. The molecule has 1 heterocycles. The Kier molecular flexibility index (Phi) is 7.55. The molecule has 0 unspecified atom stereocenters. The van der Waals surface area contributed by atoms with E-state index in [9.17, 15) is 14.7 Å². The summed E-state index contributed by atoms with van der Waals surface area (Å²) in [4.78, 5) is 29.2. The Morgan fingerprint density at radius 3 is 2.68 bits per heavy atom. The first-order chi connectivity index (χ1) is 14.8. The molecule has 0 atom stereocenters. The van der Waals surface area contributed by atoms with Gasteiger partial charge in [-0.15, -0.1) is 0 Å². The van der Waals surface area contributed by atoms with Crippen LogP contribution in [0.25, 0.3) is 0 Å². The van der Waals surface area contributed by atoms with E-state index in [1.807, 2.05) is 31.2 Å². The number of aliphatic carboxylic acids is 1. The van der Waals surface area contributed by atoms with Gasteiger partial charge in [0.25, 0.3) is 5.91 Å². The zero-order chi connectivity index (χ0) is 22.4. The summed E-state index contributed by atoms with van der Waals surface area (Å²) in [5.41, 5.74) is 0.888. The monoisotopic (exact) mass is 444 g/mol. The lowest BCUT2D eigenvalue weighted by atomic mass is 9.77. The van der Waals surface area contributed by atoms with Gasteiger partial charge in [0.15, 0.2) is 0 Å². The summed E-state index contributed by atoms with van der Waals surface area (Å²) in [5.74, 6) is -0.413. The third-order valence-electron chi connectivity index (χ3n) is 5.95. The number of carboxylic acid groups (broad SMARTS) is 1. The van der Waals surface area contributed by atoms with Crippen molar-refractivity contribution < 1.29 is 19.4 Å². The van der Waals surface area contributed by atoms with Crippen molar-refractivity contribution in [3.8, 4) is 5.75 Å². The first-order valence-corrected chi connectivity index (χ1v) is 11.1. The predicted octanol–water partition coefficient (Wildman–Crippen LogP) is 4.68. The van der Waals surface area contributed by atoms with Crippen molar-refractivity contribution in [1.82, 2.24) is 10.3 Å². The number of benzene rings is 1. The Bertz CT molecular complexity index is 939. The number of carbonyl (C=O) groups is 2. The molecule has 0 bridgehead atoms. The molecule has 1 fully saturated rings. The van der Waals surface area contributed by atoms with Crippen LogP contribution in [0.15, 0.2) is 36.5 Å². The molecule has 2 aromatic rings. The van der Waals surface area contributed by atoms with E-state index in [-0.39, 0.29) is 0 Å². The number of nitrogens with one attached hydrogen (secondary N) is 1. The third kappa shape index (κ3) is 5.76. The number of aryl methyl sites for hydroxylation is 1. The molecule has 6 nitrogen and oxygen atoms in total. The van der Waals surface area contributed by atoms with Crippen LogP contribution < -0.4 is 10.1 Å². The van der Waals surface area contributed by atoms with Crippen molar-refractivity contribution in [3.05, 3.63) is 58.4 Å². The fourth-order valence-corrected chi connectivity index (χ4v) is 4.11. The number of halogens is 1. The molecule has 1 aliphatic rings. The quantitative estimate of drug-likeness (QED) is 0.617. The van der Waals surface area contributed by atoms with E-state index >= 15 is 0 Å². The van der Waals surface area contributed by atoms with Gasteiger partial charge in [-0.05, 0) is 61.8 Å². The molecule has 0 saturated heterocycles. The average molecular weight is 445 g/mol. The molecule has 0 spiro atoms. The highest BCUT2D eigenvalue weighted by Gasteiger charge is 2.42. The van der Waals surface area contributed by atoms with Crippen molar-refractivity contribution in [1.29, 1.82) is 0 Å². The van der Waals surface area contributed by atoms with Gasteiger partial charge in [0, 0.05) is 17.6 Å². The van der Waals surface area contributed by atoms with Crippen molar-refractivity contribution >= 4 is 23.5 Å². The van der Waals surface area contributed by atoms with Crippen LogP contribution in [-0.2, 0) is 17.6 Å². The fraction of sp³-hybridized carbons (Fsp3) is 0.458. The Morgan fingerprint density at radius 2 is 2.03 bits per heavy atom. The highest BCUT2D eigenvalue weighted by molar-refractivity contribution is 6.30. The lowest BCUT2D eigenvalue weighted by Gasteiger charge is -2.36. The number of rotatable bonds is 8. The van der Waals surface area contributed by atoms with Gasteiger partial charge in [-0.1, -0.05) is 37.6 Å². The number of hydrogen-bond donors (Lipinski definition) is 2. The molecular weight excluding hydrogens is 416 g/mol. The van der Waals surface area contributed by atoms with Gasteiger partial charge in [0.2, 0.25) is 0 Å². The van der Waals surface area contributed by atoms with E-state index in [4.69, 9.17) is 16.3 Å². The molecule has 7 heteroatoms. The smallest absolute Gasteiger partial charge is 0.329 e. The number of carbonyl (C=O) groups excluding carboxylic acids is 1. The standard InChI is InChI=1S/C24H29ClN2O4/c1-3-20-21(31-12-9-17-5-4-6-19(25)13-17)14-18(15-26-20)22(28)27-24(23(29)30)10-7-16(2)8-11-24/h4-6,13-16H,3,7-12H2,1-2H3,(H,27,28)(H,29,30)/t16-,24+. The maximum absolute atomic E-state index is 12.9. The molecule has 1 aromatic carbocycles.